The minimum atomic E-state index is -3.19. The number of aliphatic imine (C=N–C) groups is 1. The predicted octanol–water partition coefficient (Wildman–Crippen LogP) is 3.01. The molecule has 3 rings (SSSR count). The second-order valence-corrected chi connectivity index (χ2v) is 10.1. The molecule has 2 atom stereocenters. The molecule has 0 aliphatic carbocycles. The van der Waals surface area contributed by atoms with E-state index in [1.165, 1.54) is 12.5 Å². The molecule has 1 fully saturated rings. The molecular formula is C20H32N4O4S. The number of aryl methyl sites for hydroxylation is 1. The lowest BCUT2D eigenvalue weighted by Gasteiger charge is -2.34. The summed E-state index contributed by atoms with van der Waals surface area (Å²) in [7, 11) is -3.19. The summed E-state index contributed by atoms with van der Waals surface area (Å²) in [5.74, 6) is 2.00. The molecule has 29 heavy (non-hydrogen) atoms. The third-order valence-electron chi connectivity index (χ3n) is 5.75. The Morgan fingerprint density at radius 2 is 2.10 bits per heavy atom. The van der Waals surface area contributed by atoms with Crippen molar-refractivity contribution in [2.24, 2.45) is 16.8 Å². The number of nitrogens with zero attached hydrogens (tertiary/aromatic N) is 4. The normalized spacial score (nSPS) is 22.0. The van der Waals surface area contributed by atoms with Gasteiger partial charge in [-0.15, -0.1) is 0 Å². The van der Waals surface area contributed by atoms with Crippen molar-refractivity contribution in [1.82, 2.24) is 10.1 Å². The van der Waals surface area contributed by atoms with Gasteiger partial charge in [-0.05, 0) is 37.5 Å². The number of ether oxygens (including phenoxy) is 1. The minimum Gasteiger partial charge on any atom is -0.356 e. The maximum absolute atomic E-state index is 11.5. The summed E-state index contributed by atoms with van der Waals surface area (Å²) in [6.07, 6.45) is 9.59. The van der Waals surface area contributed by atoms with Crippen molar-refractivity contribution in [2.75, 3.05) is 30.9 Å². The number of allylic oxidation sites excluding steroid dienone is 1. The molecule has 2 aliphatic heterocycles. The molecule has 0 N–H and O–H groups in total. The largest absolute Gasteiger partial charge is 0.356 e. The zero-order valence-electron chi connectivity index (χ0n) is 17.6. The summed E-state index contributed by atoms with van der Waals surface area (Å²) in [5, 5.41) is 4.05. The van der Waals surface area contributed by atoms with Gasteiger partial charge in [0, 0.05) is 45.0 Å². The van der Waals surface area contributed by atoms with Crippen LogP contribution in [0.2, 0.25) is 0 Å². The first-order chi connectivity index (χ1) is 13.9. The van der Waals surface area contributed by atoms with Crippen LogP contribution in [0.1, 0.15) is 51.8 Å². The summed E-state index contributed by atoms with van der Waals surface area (Å²) in [5.41, 5.74) is 0. The second kappa shape index (κ2) is 9.84. The monoisotopic (exact) mass is 424 g/mol. The van der Waals surface area contributed by atoms with Gasteiger partial charge in [0.1, 0.15) is 0 Å². The van der Waals surface area contributed by atoms with Crippen LogP contribution in [0.15, 0.2) is 20.5 Å². The van der Waals surface area contributed by atoms with Gasteiger partial charge in [0.05, 0.1) is 4.91 Å². The summed E-state index contributed by atoms with van der Waals surface area (Å²) >= 11 is 0. The average molecular weight is 425 g/mol. The highest BCUT2D eigenvalue weighted by atomic mass is 32.2. The topological polar surface area (TPSA) is 97.9 Å². The molecule has 1 saturated heterocycles. The molecular weight excluding hydrogens is 392 g/mol. The highest BCUT2D eigenvalue weighted by Crippen LogP contribution is 2.29. The first-order valence-electron chi connectivity index (χ1n) is 10.5. The zero-order chi connectivity index (χ0) is 20.9. The molecule has 0 bridgehead atoms. The number of hydrogen-bond donors (Lipinski definition) is 0. The molecule has 2 aliphatic rings. The van der Waals surface area contributed by atoms with E-state index in [2.05, 4.69) is 33.9 Å². The van der Waals surface area contributed by atoms with Crippen molar-refractivity contribution in [1.29, 1.82) is 0 Å². The summed E-state index contributed by atoms with van der Waals surface area (Å²) in [4.78, 5) is 11.2. The molecule has 0 radical (unpaired) electrons. The van der Waals surface area contributed by atoms with Crippen LogP contribution < -0.4 is 4.90 Å². The molecule has 0 aromatic carbocycles. The Morgan fingerprint density at radius 1 is 1.34 bits per heavy atom. The van der Waals surface area contributed by atoms with E-state index in [4.69, 9.17) is 9.26 Å². The van der Waals surface area contributed by atoms with Gasteiger partial charge in [0.25, 0.3) is 0 Å². The summed E-state index contributed by atoms with van der Waals surface area (Å²) in [6.45, 7) is 6.90. The van der Waals surface area contributed by atoms with E-state index < -0.39 is 9.84 Å². The lowest BCUT2D eigenvalue weighted by Crippen LogP contribution is -2.36. The van der Waals surface area contributed by atoms with Crippen molar-refractivity contribution >= 4 is 22.1 Å². The number of rotatable bonds is 9. The Morgan fingerprint density at radius 3 is 2.72 bits per heavy atom. The number of hydrogen-bond acceptors (Lipinski definition) is 8. The fourth-order valence-electron chi connectivity index (χ4n) is 3.83. The highest BCUT2D eigenvalue weighted by Gasteiger charge is 2.26. The Kier molecular flexibility index (Phi) is 7.45. The van der Waals surface area contributed by atoms with Gasteiger partial charge < -0.3 is 14.2 Å². The molecule has 0 amide bonds. The molecule has 1 aromatic heterocycles. The van der Waals surface area contributed by atoms with Gasteiger partial charge in [0.15, 0.2) is 21.9 Å². The van der Waals surface area contributed by atoms with E-state index in [0.29, 0.717) is 30.9 Å². The summed E-state index contributed by atoms with van der Waals surface area (Å²) in [6, 6.07) is 0.652. The molecule has 8 nitrogen and oxygen atoms in total. The third-order valence-corrected chi connectivity index (χ3v) is 6.87. The Labute approximate surface area is 173 Å². The molecule has 0 saturated carbocycles. The van der Waals surface area contributed by atoms with Gasteiger partial charge in [-0.25, -0.2) is 8.42 Å². The maximum atomic E-state index is 11.5. The van der Waals surface area contributed by atoms with Gasteiger partial charge in [0.2, 0.25) is 0 Å². The van der Waals surface area contributed by atoms with Crippen molar-refractivity contribution in [3.63, 3.8) is 0 Å². The zero-order valence-corrected chi connectivity index (χ0v) is 18.4. The molecule has 1 unspecified atom stereocenters. The van der Waals surface area contributed by atoms with Crippen LogP contribution in [0.25, 0.3) is 0 Å². The van der Waals surface area contributed by atoms with Crippen LogP contribution in [-0.4, -0.2) is 57.0 Å². The van der Waals surface area contributed by atoms with Gasteiger partial charge in [-0.2, -0.15) is 4.98 Å². The number of sulfone groups is 1. The molecule has 162 valence electrons. The van der Waals surface area contributed by atoms with Crippen molar-refractivity contribution in [2.45, 2.75) is 58.6 Å². The van der Waals surface area contributed by atoms with Crippen molar-refractivity contribution in [3.8, 4) is 0 Å². The highest BCUT2D eigenvalue weighted by molar-refractivity contribution is 7.95. The number of anilines is 1. The smallest absolute Gasteiger partial charge is 0.324 e. The first kappa shape index (κ1) is 22.0. The van der Waals surface area contributed by atoms with Crippen LogP contribution >= 0.6 is 0 Å². The molecule has 9 heteroatoms. The van der Waals surface area contributed by atoms with Crippen LogP contribution in [0.4, 0.5) is 6.01 Å². The fraction of sp³-hybridized carbons (Fsp3) is 0.750. The Hall–Kier alpha value is -1.74. The van der Waals surface area contributed by atoms with E-state index in [-0.39, 0.29) is 11.1 Å². The van der Waals surface area contributed by atoms with Crippen LogP contribution in [-0.2, 0) is 21.0 Å². The van der Waals surface area contributed by atoms with Gasteiger partial charge >= 0.3 is 6.01 Å². The first-order valence-corrected chi connectivity index (χ1v) is 12.4. The molecule has 1 aromatic rings. The van der Waals surface area contributed by atoms with E-state index in [1.807, 2.05) is 0 Å². The minimum absolute atomic E-state index is 0.274. The second-order valence-electron chi connectivity index (χ2n) is 8.05. The predicted molar refractivity (Wildman–Crippen MR) is 113 cm³/mol. The van der Waals surface area contributed by atoms with E-state index in [0.717, 1.165) is 51.0 Å². The number of aromatic nitrogens is 2. The standard InChI is InChI=1S/C20H32N4O4S/c1-4-5-18-22-20(28-23-18)24-11-8-16(9-12-24)15(2)10-13-27-19-7-6-17(14-21-19)29(3,25)26/h6,14-16,19H,4-5,7-13H2,1-3H3/t15-,19?/m1/s1. The van der Waals surface area contributed by atoms with Crippen LogP contribution in [0.3, 0.4) is 0 Å². The van der Waals surface area contributed by atoms with E-state index >= 15 is 0 Å². The number of piperidine rings is 1. The molecule has 3 heterocycles. The van der Waals surface area contributed by atoms with Crippen molar-refractivity contribution in [3.05, 3.63) is 16.8 Å². The lowest BCUT2D eigenvalue weighted by atomic mass is 9.84. The van der Waals surface area contributed by atoms with Crippen LogP contribution in [0, 0.1) is 11.8 Å². The van der Waals surface area contributed by atoms with Gasteiger partial charge in [-0.1, -0.05) is 25.1 Å². The Balaban J connectivity index is 1.36. The van der Waals surface area contributed by atoms with Crippen LogP contribution in [0.5, 0.6) is 0 Å². The van der Waals surface area contributed by atoms with E-state index in [9.17, 15) is 8.42 Å². The quantitative estimate of drug-likeness (QED) is 0.601. The molecule has 0 spiro atoms. The fourth-order valence-corrected chi connectivity index (χ4v) is 4.48. The number of dihydropyridines is 1. The van der Waals surface area contributed by atoms with Gasteiger partial charge in [-0.3, -0.25) is 4.99 Å². The maximum Gasteiger partial charge on any atom is 0.324 e. The third kappa shape index (κ3) is 6.12. The van der Waals surface area contributed by atoms with Crippen molar-refractivity contribution < 1.29 is 17.7 Å². The summed E-state index contributed by atoms with van der Waals surface area (Å²) < 4.78 is 34.2. The van der Waals surface area contributed by atoms with E-state index in [1.54, 1.807) is 6.08 Å². The lowest BCUT2D eigenvalue weighted by molar-refractivity contribution is 0.0471. The Bertz CT molecular complexity index is 825. The SMILES string of the molecule is CCCc1noc(N2CCC([C@H](C)CCOC3CC=C(S(C)(=O)=O)C=N3)CC2)n1. The average Bonchev–Trinajstić information content (AvgIpc) is 3.17.